The molecule has 3 rings (SSSR count). The van der Waals surface area contributed by atoms with E-state index in [0.29, 0.717) is 28.4 Å². The van der Waals surface area contributed by atoms with Gasteiger partial charge in [0.2, 0.25) is 0 Å². The van der Waals surface area contributed by atoms with Gasteiger partial charge in [-0.15, -0.1) is 0 Å². The fourth-order valence-corrected chi connectivity index (χ4v) is 3.10. The zero-order valence-electron chi connectivity index (χ0n) is 14.8. The van der Waals surface area contributed by atoms with Gasteiger partial charge in [0.1, 0.15) is 17.4 Å². The molecule has 0 fully saturated rings. The SMILES string of the molecule is CCOC(=O)C1=C(C)Nc2nc(=O)[nH]c(N)c2C1c1ccc(OC)cc1. The number of carbonyl (C=O) groups is 1. The summed E-state index contributed by atoms with van der Waals surface area (Å²) in [5, 5.41) is 3.00. The molecule has 1 unspecified atom stereocenters. The largest absolute Gasteiger partial charge is 0.497 e. The fraction of sp³-hybridized carbons (Fsp3) is 0.278. The highest BCUT2D eigenvalue weighted by Gasteiger charge is 2.36. The van der Waals surface area contributed by atoms with Gasteiger partial charge >= 0.3 is 11.7 Å². The molecule has 1 atom stereocenters. The Morgan fingerprint density at radius 1 is 1.31 bits per heavy atom. The summed E-state index contributed by atoms with van der Waals surface area (Å²) in [6.45, 7) is 3.73. The van der Waals surface area contributed by atoms with Crippen molar-refractivity contribution in [3.63, 3.8) is 0 Å². The van der Waals surface area contributed by atoms with Crippen LogP contribution in [-0.2, 0) is 9.53 Å². The predicted molar refractivity (Wildman–Crippen MR) is 97.1 cm³/mol. The van der Waals surface area contributed by atoms with Gasteiger partial charge in [0, 0.05) is 11.3 Å². The first-order valence-electron chi connectivity index (χ1n) is 8.14. The number of aromatic nitrogens is 2. The van der Waals surface area contributed by atoms with Gasteiger partial charge < -0.3 is 20.5 Å². The van der Waals surface area contributed by atoms with Gasteiger partial charge in [-0.25, -0.2) is 9.59 Å². The zero-order valence-corrected chi connectivity index (χ0v) is 14.8. The lowest BCUT2D eigenvalue weighted by molar-refractivity contribution is -0.138. The zero-order chi connectivity index (χ0) is 18.8. The Morgan fingerprint density at radius 2 is 2.00 bits per heavy atom. The van der Waals surface area contributed by atoms with Crippen LogP contribution in [0, 0.1) is 0 Å². The number of esters is 1. The van der Waals surface area contributed by atoms with Crippen molar-refractivity contribution in [2.24, 2.45) is 0 Å². The van der Waals surface area contributed by atoms with Crippen LogP contribution in [0.4, 0.5) is 11.6 Å². The Hall–Kier alpha value is -3.29. The molecule has 1 aliphatic heterocycles. The summed E-state index contributed by atoms with van der Waals surface area (Å²) in [6, 6.07) is 7.28. The minimum Gasteiger partial charge on any atom is -0.497 e. The third-order valence-electron chi connectivity index (χ3n) is 4.23. The average Bonchev–Trinajstić information content (AvgIpc) is 2.60. The fourth-order valence-electron chi connectivity index (χ4n) is 3.10. The summed E-state index contributed by atoms with van der Waals surface area (Å²) in [4.78, 5) is 30.8. The van der Waals surface area contributed by atoms with Gasteiger partial charge in [0.05, 0.1) is 25.2 Å². The molecule has 2 heterocycles. The number of nitrogens with two attached hydrogens (primary N) is 1. The van der Waals surface area contributed by atoms with Gasteiger partial charge in [-0.3, -0.25) is 4.98 Å². The number of allylic oxidation sites excluding steroid dienone is 1. The number of hydrogen-bond donors (Lipinski definition) is 3. The number of rotatable bonds is 4. The average molecular weight is 356 g/mol. The molecule has 1 aromatic carbocycles. The van der Waals surface area contributed by atoms with Crippen LogP contribution in [0.2, 0.25) is 0 Å². The number of methoxy groups -OCH3 is 1. The van der Waals surface area contributed by atoms with Crippen molar-refractivity contribution in [3.8, 4) is 5.75 Å². The number of anilines is 2. The molecule has 0 bridgehead atoms. The predicted octanol–water partition coefficient (Wildman–Crippen LogP) is 1.76. The van der Waals surface area contributed by atoms with E-state index >= 15 is 0 Å². The van der Waals surface area contributed by atoms with Crippen LogP contribution in [0.25, 0.3) is 0 Å². The Labute approximate surface area is 150 Å². The van der Waals surface area contributed by atoms with E-state index in [1.54, 1.807) is 33.1 Å². The van der Waals surface area contributed by atoms with Gasteiger partial charge in [-0.1, -0.05) is 12.1 Å². The first-order chi connectivity index (χ1) is 12.5. The van der Waals surface area contributed by atoms with Crippen LogP contribution in [0.15, 0.2) is 40.3 Å². The summed E-state index contributed by atoms with van der Waals surface area (Å²) in [5.74, 6) is 0.198. The van der Waals surface area contributed by atoms with Crippen LogP contribution >= 0.6 is 0 Å². The van der Waals surface area contributed by atoms with E-state index in [2.05, 4.69) is 15.3 Å². The quantitative estimate of drug-likeness (QED) is 0.714. The molecule has 0 aliphatic carbocycles. The highest BCUT2D eigenvalue weighted by Crippen LogP contribution is 2.43. The smallest absolute Gasteiger partial charge is 0.348 e. The number of carbonyl (C=O) groups excluding carboxylic acids is 1. The number of nitrogens with one attached hydrogen (secondary N) is 2. The molecule has 0 radical (unpaired) electrons. The van der Waals surface area contributed by atoms with Crippen molar-refractivity contribution in [2.45, 2.75) is 19.8 Å². The molecule has 0 saturated carbocycles. The monoisotopic (exact) mass is 356 g/mol. The third-order valence-corrected chi connectivity index (χ3v) is 4.23. The summed E-state index contributed by atoms with van der Waals surface area (Å²) >= 11 is 0. The Bertz CT molecular complexity index is 931. The number of fused-ring (bicyclic) bond motifs is 1. The summed E-state index contributed by atoms with van der Waals surface area (Å²) in [5.41, 5.74) is 7.83. The second-order valence-corrected chi connectivity index (χ2v) is 5.81. The first kappa shape index (κ1) is 17.5. The van der Waals surface area contributed by atoms with Crippen LogP contribution in [0.1, 0.15) is 30.9 Å². The van der Waals surface area contributed by atoms with Crippen molar-refractivity contribution in [3.05, 3.63) is 57.1 Å². The van der Waals surface area contributed by atoms with E-state index in [4.69, 9.17) is 15.2 Å². The van der Waals surface area contributed by atoms with E-state index < -0.39 is 17.6 Å². The molecule has 26 heavy (non-hydrogen) atoms. The minimum atomic E-state index is -0.561. The minimum absolute atomic E-state index is 0.155. The number of benzene rings is 1. The number of hydrogen-bond acceptors (Lipinski definition) is 7. The van der Waals surface area contributed by atoms with E-state index in [9.17, 15) is 9.59 Å². The second kappa shape index (κ2) is 6.91. The van der Waals surface area contributed by atoms with E-state index in [0.717, 1.165) is 5.56 Å². The lowest BCUT2D eigenvalue weighted by atomic mass is 9.82. The number of H-pyrrole nitrogens is 1. The topological polar surface area (TPSA) is 119 Å². The molecule has 4 N–H and O–H groups in total. The molecule has 0 spiro atoms. The van der Waals surface area contributed by atoms with E-state index in [-0.39, 0.29) is 12.4 Å². The summed E-state index contributed by atoms with van der Waals surface area (Å²) < 4.78 is 10.4. The molecule has 0 amide bonds. The molecule has 136 valence electrons. The van der Waals surface area contributed by atoms with Gasteiger partial charge in [0.25, 0.3) is 0 Å². The summed E-state index contributed by atoms with van der Waals surface area (Å²) in [7, 11) is 1.58. The van der Waals surface area contributed by atoms with Crippen LogP contribution < -0.4 is 21.5 Å². The number of aromatic amines is 1. The number of nitrogens with zero attached hydrogens (tertiary/aromatic N) is 1. The Balaban J connectivity index is 2.23. The van der Waals surface area contributed by atoms with E-state index in [1.165, 1.54) is 0 Å². The molecule has 2 aromatic rings. The van der Waals surface area contributed by atoms with Gasteiger partial charge in [-0.2, -0.15) is 4.98 Å². The van der Waals surface area contributed by atoms with Crippen molar-refractivity contribution in [1.29, 1.82) is 0 Å². The molecular formula is C18H20N4O4. The first-order valence-corrected chi connectivity index (χ1v) is 8.14. The molecule has 0 saturated heterocycles. The lowest BCUT2D eigenvalue weighted by Crippen LogP contribution is -2.29. The summed E-state index contributed by atoms with van der Waals surface area (Å²) in [6.07, 6.45) is 0. The van der Waals surface area contributed by atoms with Crippen LogP contribution in [0.3, 0.4) is 0 Å². The second-order valence-electron chi connectivity index (χ2n) is 5.81. The maximum Gasteiger partial charge on any atom is 0.348 e. The van der Waals surface area contributed by atoms with Gasteiger partial charge in [0.15, 0.2) is 0 Å². The Morgan fingerprint density at radius 3 is 2.62 bits per heavy atom. The highest BCUT2D eigenvalue weighted by molar-refractivity contribution is 5.95. The van der Waals surface area contributed by atoms with Crippen molar-refractivity contribution >= 4 is 17.6 Å². The van der Waals surface area contributed by atoms with Crippen molar-refractivity contribution < 1.29 is 14.3 Å². The Kier molecular flexibility index (Phi) is 4.66. The van der Waals surface area contributed by atoms with E-state index in [1.807, 2.05) is 12.1 Å². The molecule has 8 nitrogen and oxygen atoms in total. The van der Waals surface area contributed by atoms with Crippen molar-refractivity contribution in [2.75, 3.05) is 24.8 Å². The maximum absolute atomic E-state index is 12.6. The standard InChI is InChI=1S/C18H20N4O4/c1-4-26-17(23)12-9(2)20-16-14(15(19)21-18(24)22-16)13(12)10-5-7-11(25-3)8-6-10/h5-8,13H,4H2,1-3H3,(H4,19,20,21,22,24). The highest BCUT2D eigenvalue weighted by atomic mass is 16.5. The molecular weight excluding hydrogens is 336 g/mol. The van der Waals surface area contributed by atoms with Crippen molar-refractivity contribution in [1.82, 2.24) is 9.97 Å². The maximum atomic E-state index is 12.6. The van der Waals surface area contributed by atoms with Crippen LogP contribution in [-0.4, -0.2) is 29.7 Å². The number of nitrogen functional groups attached to an aromatic ring is 1. The van der Waals surface area contributed by atoms with Gasteiger partial charge in [-0.05, 0) is 31.5 Å². The number of ether oxygens (including phenoxy) is 2. The molecule has 8 heteroatoms. The molecule has 1 aromatic heterocycles. The normalized spacial score (nSPS) is 15.9. The van der Waals surface area contributed by atoms with Crippen LogP contribution in [0.5, 0.6) is 5.75 Å². The molecule has 1 aliphatic rings. The third kappa shape index (κ3) is 3.01. The lowest BCUT2D eigenvalue weighted by Gasteiger charge is -2.29.